The van der Waals surface area contributed by atoms with E-state index < -0.39 is 11.9 Å². The first-order chi connectivity index (χ1) is 10.5. The molecule has 1 aromatic rings. The predicted molar refractivity (Wildman–Crippen MR) is 80.2 cm³/mol. The number of hydrogen-bond donors (Lipinski definition) is 1. The standard InChI is InChI=1S/C16H21NO5/c1-21-13-5-3-11(9-14(13)22-2)4-6-15(18)17-8-7-12(10-17)16(19)20/h3,5,9,12H,4,6-8,10H2,1-2H3,(H,19,20). The lowest BCUT2D eigenvalue weighted by Crippen LogP contribution is -2.30. The lowest BCUT2D eigenvalue weighted by atomic mass is 10.1. The minimum absolute atomic E-state index is 0.00136. The van der Waals surface area contributed by atoms with Gasteiger partial charge in [0, 0.05) is 19.5 Å². The smallest absolute Gasteiger partial charge is 0.308 e. The van der Waals surface area contributed by atoms with Crippen LogP contribution < -0.4 is 9.47 Å². The highest BCUT2D eigenvalue weighted by atomic mass is 16.5. The van der Waals surface area contributed by atoms with E-state index in [2.05, 4.69) is 0 Å². The summed E-state index contributed by atoms with van der Waals surface area (Å²) in [6, 6.07) is 5.57. The number of methoxy groups -OCH3 is 2. The molecule has 0 aliphatic carbocycles. The highest BCUT2D eigenvalue weighted by Crippen LogP contribution is 2.28. The first kappa shape index (κ1) is 16.1. The largest absolute Gasteiger partial charge is 0.493 e. The topological polar surface area (TPSA) is 76.1 Å². The molecule has 1 unspecified atom stereocenters. The molecule has 0 bridgehead atoms. The molecule has 120 valence electrons. The van der Waals surface area contributed by atoms with E-state index in [1.165, 1.54) is 0 Å². The fraction of sp³-hybridized carbons (Fsp3) is 0.500. The Labute approximate surface area is 129 Å². The Morgan fingerprint density at radius 3 is 2.59 bits per heavy atom. The zero-order valence-electron chi connectivity index (χ0n) is 12.9. The maximum absolute atomic E-state index is 12.1. The normalized spacial score (nSPS) is 17.4. The van der Waals surface area contributed by atoms with Gasteiger partial charge in [0.1, 0.15) is 0 Å². The summed E-state index contributed by atoms with van der Waals surface area (Å²) in [5, 5.41) is 8.96. The molecule has 0 radical (unpaired) electrons. The summed E-state index contributed by atoms with van der Waals surface area (Å²) < 4.78 is 10.4. The SMILES string of the molecule is COc1ccc(CCC(=O)N2CCC(C(=O)O)C2)cc1OC. The molecular formula is C16H21NO5. The summed E-state index contributed by atoms with van der Waals surface area (Å²) in [6.45, 7) is 0.849. The Morgan fingerprint density at radius 2 is 2.00 bits per heavy atom. The van der Waals surface area contributed by atoms with E-state index in [4.69, 9.17) is 14.6 Å². The molecule has 1 aromatic carbocycles. The molecule has 6 heteroatoms. The van der Waals surface area contributed by atoms with Gasteiger partial charge in [0.05, 0.1) is 20.1 Å². The number of aryl methyl sites for hydroxylation is 1. The maximum Gasteiger partial charge on any atom is 0.308 e. The summed E-state index contributed by atoms with van der Waals surface area (Å²) in [4.78, 5) is 24.7. The number of amides is 1. The van der Waals surface area contributed by atoms with Crippen LogP contribution in [0.3, 0.4) is 0 Å². The average Bonchev–Trinajstić information content (AvgIpc) is 3.02. The number of nitrogens with zero attached hydrogens (tertiary/aromatic N) is 1. The second-order valence-electron chi connectivity index (χ2n) is 5.35. The molecule has 1 heterocycles. The van der Waals surface area contributed by atoms with Crippen LogP contribution in [0.2, 0.25) is 0 Å². The van der Waals surface area contributed by atoms with Gasteiger partial charge in [0.2, 0.25) is 5.91 Å². The lowest BCUT2D eigenvalue weighted by molar-refractivity contribution is -0.141. The highest BCUT2D eigenvalue weighted by molar-refractivity contribution is 5.79. The third kappa shape index (κ3) is 3.69. The third-order valence-corrected chi connectivity index (χ3v) is 3.97. The number of carboxylic acids is 1. The van der Waals surface area contributed by atoms with Crippen molar-refractivity contribution in [2.24, 2.45) is 5.92 Å². The molecule has 1 N–H and O–H groups in total. The second kappa shape index (κ2) is 7.15. The van der Waals surface area contributed by atoms with Gasteiger partial charge in [-0.25, -0.2) is 0 Å². The van der Waals surface area contributed by atoms with Gasteiger partial charge in [-0.05, 0) is 30.5 Å². The molecule has 1 saturated heterocycles. The van der Waals surface area contributed by atoms with Crippen molar-refractivity contribution in [3.8, 4) is 11.5 Å². The van der Waals surface area contributed by atoms with Crippen molar-refractivity contribution < 1.29 is 24.2 Å². The molecule has 0 aromatic heterocycles. The van der Waals surface area contributed by atoms with Crippen LogP contribution in [0.4, 0.5) is 0 Å². The summed E-state index contributed by atoms with van der Waals surface area (Å²) in [5.74, 6) is 0.0414. The van der Waals surface area contributed by atoms with Gasteiger partial charge in [0.15, 0.2) is 11.5 Å². The van der Waals surface area contributed by atoms with Crippen LogP contribution >= 0.6 is 0 Å². The van der Waals surface area contributed by atoms with E-state index in [9.17, 15) is 9.59 Å². The van der Waals surface area contributed by atoms with Crippen LogP contribution in [0.1, 0.15) is 18.4 Å². The van der Waals surface area contributed by atoms with Gasteiger partial charge in [-0.3, -0.25) is 9.59 Å². The maximum atomic E-state index is 12.1. The first-order valence-corrected chi connectivity index (χ1v) is 7.26. The second-order valence-corrected chi connectivity index (χ2v) is 5.35. The molecule has 0 spiro atoms. The molecule has 2 rings (SSSR count). The molecule has 0 saturated carbocycles. The van der Waals surface area contributed by atoms with Crippen LogP contribution in [0.5, 0.6) is 11.5 Å². The van der Waals surface area contributed by atoms with Gasteiger partial charge in [-0.1, -0.05) is 6.07 Å². The molecule has 1 amide bonds. The first-order valence-electron chi connectivity index (χ1n) is 7.26. The number of likely N-dealkylation sites (tertiary alicyclic amines) is 1. The zero-order chi connectivity index (χ0) is 16.1. The van der Waals surface area contributed by atoms with Crippen LogP contribution in [-0.4, -0.2) is 49.2 Å². The van der Waals surface area contributed by atoms with Gasteiger partial charge >= 0.3 is 5.97 Å². The summed E-state index contributed by atoms with van der Waals surface area (Å²) in [7, 11) is 3.15. The molecule has 1 aliphatic heterocycles. The Kier molecular flexibility index (Phi) is 5.25. The molecule has 6 nitrogen and oxygen atoms in total. The number of ether oxygens (including phenoxy) is 2. The van der Waals surface area contributed by atoms with E-state index in [0.717, 1.165) is 5.56 Å². The Morgan fingerprint density at radius 1 is 1.27 bits per heavy atom. The van der Waals surface area contributed by atoms with Crippen molar-refractivity contribution in [3.63, 3.8) is 0 Å². The van der Waals surface area contributed by atoms with Crippen molar-refractivity contribution in [1.82, 2.24) is 4.90 Å². The van der Waals surface area contributed by atoms with Crippen LogP contribution in [0, 0.1) is 5.92 Å². The van der Waals surface area contributed by atoms with Crippen molar-refractivity contribution in [1.29, 1.82) is 0 Å². The predicted octanol–water partition coefficient (Wildman–Crippen LogP) is 1.57. The Bertz CT molecular complexity index is 557. The number of carbonyl (C=O) groups is 2. The van der Waals surface area contributed by atoms with E-state index in [1.54, 1.807) is 19.1 Å². The number of carbonyl (C=O) groups excluding carboxylic acids is 1. The number of rotatable bonds is 6. The number of hydrogen-bond acceptors (Lipinski definition) is 4. The molecule has 1 atom stereocenters. The van der Waals surface area contributed by atoms with Crippen molar-refractivity contribution in [2.45, 2.75) is 19.3 Å². The average molecular weight is 307 g/mol. The van der Waals surface area contributed by atoms with Gasteiger partial charge in [-0.15, -0.1) is 0 Å². The monoisotopic (exact) mass is 307 g/mol. The summed E-state index contributed by atoms with van der Waals surface area (Å²) in [5.41, 5.74) is 0.986. The van der Waals surface area contributed by atoms with Gasteiger partial charge in [-0.2, -0.15) is 0 Å². The van der Waals surface area contributed by atoms with Gasteiger partial charge < -0.3 is 19.5 Å². The minimum Gasteiger partial charge on any atom is -0.493 e. The Balaban J connectivity index is 1.90. The van der Waals surface area contributed by atoms with E-state index >= 15 is 0 Å². The number of aliphatic carboxylic acids is 1. The minimum atomic E-state index is -0.824. The van der Waals surface area contributed by atoms with Crippen LogP contribution in [0.25, 0.3) is 0 Å². The van der Waals surface area contributed by atoms with Crippen molar-refractivity contribution >= 4 is 11.9 Å². The van der Waals surface area contributed by atoms with Gasteiger partial charge in [0.25, 0.3) is 0 Å². The van der Waals surface area contributed by atoms with Crippen molar-refractivity contribution in [2.75, 3.05) is 27.3 Å². The van der Waals surface area contributed by atoms with E-state index in [0.29, 0.717) is 43.9 Å². The third-order valence-electron chi connectivity index (χ3n) is 3.97. The molecule has 1 fully saturated rings. The molecule has 1 aliphatic rings. The van der Waals surface area contributed by atoms with E-state index in [-0.39, 0.29) is 5.91 Å². The lowest BCUT2D eigenvalue weighted by Gasteiger charge is -2.16. The van der Waals surface area contributed by atoms with Crippen LogP contribution in [-0.2, 0) is 16.0 Å². The zero-order valence-corrected chi connectivity index (χ0v) is 12.9. The number of carboxylic acid groups (broad SMARTS) is 1. The fourth-order valence-corrected chi connectivity index (χ4v) is 2.63. The summed E-state index contributed by atoms with van der Waals surface area (Å²) in [6.07, 6.45) is 1.49. The highest BCUT2D eigenvalue weighted by Gasteiger charge is 2.30. The molecule has 22 heavy (non-hydrogen) atoms. The quantitative estimate of drug-likeness (QED) is 0.863. The fourth-order valence-electron chi connectivity index (χ4n) is 2.63. The Hall–Kier alpha value is -2.24. The number of benzene rings is 1. The van der Waals surface area contributed by atoms with Crippen LogP contribution in [0.15, 0.2) is 18.2 Å². The van der Waals surface area contributed by atoms with E-state index in [1.807, 2.05) is 18.2 Å². The molecular weight excluding hydrogens is 286 g/mol. The summed E-state index contributed by atoms with van der Waals surface area (Å²) >= 11 is 0. The van der Waals surface area contributed by atoms with Crippen molar-refractivity contribution in [3.05, 3.63) is 23.8 Å².